The van der Waals surface area contributed by atoms with E-state index in [1.54, 1.807) is 6.07 Å². The second-order valence-corrected chi connectivity index (χ2v) is 4.66. The average molecular weight is 273 g/mol. The SMILES string of the molecule is Cc1cc(C)c(C#N)c(OCc2ccccc2Cl)n1. The molecule has 0 aliphatic heterocycles. The lowest BCUT2D eigenvalue weighted by molar-refractivity contribution is 0.292. The lowest BCUT2D eigenvalue weighted by atomic mass is 10.1. The van der Waals surface area contributed by atoms with Crippen LogP contribution in [0.15, 0.2) is 30.3 Å². The molecule has 0 radical (unpaired) electrons. The number of halogens is 1. The second-order valence-electron chi connectivity index (χ2n) is 4.25. The first kappa shape index (κ1) is 13.4. The molecule has 96 valence electrons. The fourth-order valence-electron chi connectivity index (χ4n) is 1.80. The van der Waals surface area contributed by atoms with Crippen LogP contribution in [0.3, 0.4) is 0 Å². The van der Waals surface area contributed by atoms with Crippen LogP contribution in [0, 0.1) is 25.2 Å². The van der Waals surface area contributed by atoms with Crippen molar-refractivity contribution in [1.29, 1.82) is 5.26 Å². The summed E-state index contributed by atoms with van der Waals surface area (Å²) < 4.78 is 5.64. The Bertz CT molecular complexity index is 647. The molecule has 2 rings (SSSR count). The Hall–Kier alpha value is -2.05. The van der Waals surface area contributed by atoms with Gasteiger partial charge in [0.2, 0.25) is 5.88 Å². The molecule has 0 N–H and O–H groups in total. The van der Waals surface area contributed by atoms with Gasteiger partial charge in [0.25, 0.3) is 0 Å². The van der Waals surface area contributed by atoms with Crippen molar-refractivity contribution < 1.29 is 4.74 Å². The summed E-state index contributed by atoms with van der Waals surface area (Å²) in [6, 6.07) is 11.4. The number of nitrogens with zero attached hydrogens (tertiary/aromatic N) is 2. The van der Waals surface area contributed by atoms with Crippen molar-refractivity contribution in [2.75, 3.05) is 0 Å². The smallest absolute Gasteiger partial charge is 0.232 e. The normalized spacial score (nSPS) is 10.0. The highest BCUT2D eigenvalue weighted by Crippen LogP contribution is 2.22. The fourth-order valence-corrected chi connectivity index (χ4v) is 1.99. The highest BCUT2D eigenvalue weighted by atomic mass is 35.5. The Labute approximate surface area is 117 Å². The summed E-state index contributed by atoms with van der Waals surface area (Å²) in [7, 11) is 0. The third kappa shape index (κ3) is 3.04. The Morgan fingerprint density at radius 1 is 1.32 bits per heavy atom. The molecule has 0 spiro atoms. The minimum Gasteiger partial charge on any atom is -0.472 e. The van der Waals surface area contributed by atoms with Crippen molar-refractivity contribution >= 4 is 11.6 Å². The lowest BCUT2D eigenvalue weighted by Gasteiger charge is -2.10. The fraction of sp³-hybridized carbons (Fsp3) is 0.200. The van der Waals surface area contributed by atoms with Crippen molar-refractivity contribution in [3.63, 3.8) is 0 Å². The molecule has 0 amide bonds. The van der Waals surface area contributed by atoms with E-state index in [0.29, 0.717) is 23.1 Å². The maximum atomic E-state index is 9.15. The van der Waals surface area contributed by atoms with E-state index >= 15 is 0 Å². The van der Waals surface area contributed by atoms with Crippen LogP contribution in [0.2, 0.25) is 5.02 Å². The number of aryl methyl sites for hydroxylation is 2. The highest BCUT2D eigenvalue weighted by Gasteiger charge is 2.10. The molecule has 3 nitrogen and oxygen atoms in total. The summed E-state index contributed by atoms with van der Waals surface area (Å²) >= 11 is 6.06. The number of hydrogen-bond acceptors (Lipinski definition) is 3. The topological polar surface area (TPSA) is 45.9 Å². The van der Waals surface area contributed by atoms with E-state index in [9.17, 15) is 0 Å². The van der Waals surface area contributed by atoms with Crippen LogP contribution in [0.1, 0.15) is 22.4 Å². The van der Waals surface area contributed by atoms with E-state index in [0.717, 1.165) is 16.8 Å². The van der Waals surface area contributed by atoms with Gasteiger partial charge in [0.05, 0.1) is 0 Å². The number of pyridine rings is 1. The van der Waals surface area contributed by atoms with Crippen molar-refractivity contribution in [2.24, 2.45) is 0 Å². The van der Waals surface area contributed by atoms with Gasteiger partial charge in [-0.1, -0.05) is 29.8 Å². The molecule has 0 unspecified atom stereocenters. The summed E-state index contributed by atoms with van der Waals surface area (Å²) in [5, 5.41) is 9.79. The molecule has 0 aliphatic rings. The number of benzene rings is 1. The van der Waals surface area contributed by atoms with Crippen LogP contribution >= 0.6 is 11.6 Å². The Morgan fingerprint density at radius 2 is 2.05 bits per heavy atom. The molecule has 0 saturated carbocycles. The zero-order valence-electron chi connectivity index (χ0n) is 10.8. The lowest BCUT2D eigenvalue weighted by Crippen LogP contribution is -2.02. The van der Waals surface area contributed by atoms with Crippen LogP contribution in [0.4, 0.5) is 0 Å². The summed E-state index contributed by atoms with van der Waals surface area (Å²) in [6.45, 7) is 4.04. The van der Waals surface area contributed by atoms with E-state index in [4.69, 9.17) is 21.6 Å². The summed E-state index contributed by atoms with van der Waals surface area (Å²) in [4.78, 5) is 4.26. The van der Waals surface area contributed by atoms with Gasteiger partial charge in [-0.15, -0.1) is 0 Å². The number of hydrogen-bond donors (Lipinski definition) is 0. The van der Waals surface area contributed by atoms with Crippen LogP contribution in [-0.2, 0) is 6.61 Å². The largest absolute Gasteiger partial charge is 0.472 e. The van der Waals surface area contributed by atoms with E-state index in [2.05, 4.69) is 11.1 Å². The van der Waals surface area contributed by atoms with Crippen LogP contribution in [0.5, 0.6) is 5.88 Å². The van der Waals surface area contributed by atoms with Gasteiger partial charge in [0.1, 0.15) is 18.2 Å². The van der Waals surface area contributed by atoms with E-state index in [1.165, 1.54) is 0 Å². The van der Waals surface area contributed by atoms with Gasteiger partial charge in [-0.3, -0.25) is 0 Å². The first-order valence-corrected chi connectivity index (χ1v) is 6.24. The molecule has 4 heteroatoms. The first-order chi connectivity index (χ1) is 9.11. The van der Waals surface area contributed by atoms with Crippen LogP contribution in [0.25, 0.3) is 0 Å². The summed E-state index contributed by atoms with van der Waals surface area (Å²) in [5.41, 5.74) is 3.03. The number of ether oxygens (including phenoxy) is 1. The van der Waals surface area contributed by atoms with Gasteiger partial charge in [0, 0.05) is 16.3 Å². The van der Waals surface area contributed by atoms with E-state index < -0.39 is 0 Å². The first-order valence-electron chi connectivity index (χ1n) is 5.86. The molecule has 0 fully saturated rings. The minimum absolute atomic E-state index is 0.296. The third-order valence-electron chi connectivity index (χ3n) is 2.75. The minimum atomic E-state index is 0.296. The molecule has 0 saturated heterocycles. The van der Waals surface area contributed by atoms with Gasteiger partial charge in [-0.05, 0) is 31.5 Å². The predicted molar refractivity (Wildman–Crippen MR) is 74.2 cm³/mol. The Balaban J connectivity index is 2.25. The van der Waals surface area contributed by atoms with E-state index in [-0.39, 0.29) is 0 Å². The third-order valence-corrected chi connectivity index (χ3v) is 3.11. The van der Waals surface area contributed by atoms with Crippen LogP contribution in [-0.4, -0.2) is 4.98 Å². The summed E-state index contributed by atoms with van der Waals surface area (Å²) in [5.74, 6) is 0.361. The Morgan fingerprint density at radius 3 is 2.74 bits per heavy atom. The van der Waals surface area contributed by atoms with Gasteiger partial charge < -0.3 is 4.74 Å². The van der Waals surface area contributed by atoms with Crippen molar-refractivity contribution in [1.82, 2.24) is 4.98 Å². The average Bonchev–Trinajstić information content (AvgIpc) is 2.37. The number of nitriles is 1. The van der Waals surface area contributed by atoms with Gasteiger partial charge in [-0.2, -0.15) is 5.26 Å². The molecule has 1 heterocycles. The zero-order chi connectivity index (χ0) is 13.8. The number of aromatic nitrogens is 1. The molecule has 0 bridgehead atoms. The van der Waals surface area contributed by atoms with Gasteiger partial charge in [0.15, 0.2) is 0 Å². The maximum Gasteiger partial charge on any atom is 0.232 e. The second kappa shape index (κ2) is 5.73. The summed E-state index contributed by atoms with van der Waals surface area (Å²) in [6.07, 6.45) is 0. The number of rotatable bonds is 3. The van der Waals surface area contributed by atoms with Crippen LogP contribution < -0.4 is 4.74 Å². The van der Waals surface area contributed by atoms with Crippen molar-refractivity contribution in [3.8, 4) is 11.9 Å². The molecule has 0 atom stereocenters. The molecule has 0 aliphatic carbocycles. The zero-order valence-corrected chi connectivity index (χ0v) is 11.5. The van der Waals surface area contributed by atoms with E-state index in [1.807, 2.05) is 38.1 Å². The van der Waals surface area contributed by atoms with Crippen molar-refractivity contribution in [3.05, 3.63) is 57.7 Å². The highest BCUT2D eigenvalue weighted by molar-refractivity contribution is 6.31. The quantitative estimate of drug-likeness (QED) is 0.854. The molecule has 1 aromatic carbocycles. The predicted octanol–water partition coefficient (Wildman–Crippen LogP) is 3.80. The maximum absolute atomic E-state index is 9.15. The molecule has 1 aromatic heterocycles. The monoisotopic (exact) mass is 272 g/mol. The van der Waals surface area contributed by atoms with Crippen molar-refractivity contribution in [2.45, 2.75) is 20.5 Å². The van der Waals surface area contributed by atoms with Gasteiger partial charge in [-0.25, -0.2) is 4.98 Å². The standard InChI is InChI=1S/C15H13ClN2O/c1-10-7-11(2)18-15(13(10)8-17)19-9-12-5-3-4-6-14(12)16/h3-7H,9H2,1-2H3. The molecular weight excluding hydrogens is 260 g/mol. The Kier molecular flexibility index (Phi) is 4.03. The molecular formula is C15H13ClN2O. The molecule has 2 aromatic rings. The van der Waals surface area contributed by atoms with Gasteiger partial charge >= 0.3 is 0 Å². The molecule has 19 heavy (non-hydrogen) atoms.